The van der Waals surface area contributed by atoms with Gasteiger partial charge in [-0.1, -0.05) is 146 Å². The molecular formula is C30H27N. The molecule has 0 aliphatic carbocycles. The molecule has 0 radical (unpaired) electrons. The van der Waals surface area contributed by atoms with Gasteiger partial charge in [-0.15, -0.1) is 0 Å². The van der Waals surface area contributed by atoms with E-state index in [1.165, 1.54) is 21.8 Å². The van der Waals surface area contributed by atoms with E-state index in [1.807, 2.05) is 109 Å². The van der Waals surface area contributed by atoms with Crippen LogP contribution in [0.2, 0.25) is 0 Å². The number of H-pyrrole nitrogens is 1. The van der Waals surface area contributed by atoms with E-state index in [-0.39, 0.29) is 0 Å². The molecule has 0 spiro atoms. The average molecular weight is 402 g/mol. The highest BCUT2D eigenvalue weighted by molar-refractivity contribution is 6.06. The van der Waals surface area contributed by atoms with Gasteiger partial charge in [0.05, 0.1) is 0 Å². The Balaban J connectivity index is 0.000000128. The highest BCUT2D eigenvalue weighted by Crippen LogP contribution is 2.24. The number of nitrogens with one attached hydrogen (secondary N) is 1. The van der Waals surface area contributed by atoms with Crippen LogP contribution in [0, 0.1) is 0 Å². The topological polar surface area (TPSA) is 15.8 Å². The van der Waals surface area contributed by atoms with Crippen molar-refractivity contribution in [3.8, 4) is 0 Å². The van der Waals surface area contributed by atoms with Crippen LogP contribution in [0.15, 0.2) is 158 Å². The predicted molar refractivity (Wildman–Crippen MR) is 135 cm³/mol. The first-order chi connectivity index (χ1) is 15.4. The third-order valence-electron chi connectivity index (χ3n) is 4.41. The largest absolute Gasteiger partial charge is 0.355 e. The normalized spacial score (nSPS) is 9.29. The molecule has 5 aromatic carbocycles. The quantitative estimate of drug-likeness (QED) is 0.263. The molecule has 0 saturated heterocycles. The Morgan fingerprint density at radius 3 is 0.742 bits per heavy atom. The smallest absolute Gasteiger partial charge is 0.0464 e. The zero-order valence-corrected chi connectivity index (χ0v) is 17.5. The maximum Gasteiger partial charge on any atom is 0.0464 e. The van der Waals surface area contributed by atoms with Gasteiger partial charge in [-0.05, 0) is 12.1 Å². The number of para-hydroxylation sites is 2. The second-order valence-corrected chi connectivity index (χ2v) is 6.68. The minimum atomic E-state index is 1.21. The third-order valence-corrected chi connectivity index (χ3v) is 4.41. The van der Waals surface area contributed by atoms with Gasteiger partial charge in [0.1, 0.15) is 0 Å². The van der Waals surface area contributed by atoms with Crippen LogP contribution in [-0.4, -0.2) is 4.98 Å². The van der Waals surface area contributed by atoms with Crippen molar-refractivity contribution in [1.29, 1.82) is 0 Å². The fourth-order valence-corrected chi connectivity index (χ4v) is 2.95. The molecule has 31 heavy (non-hydrogen) atoms. The van der Waals surface area contributed by atoms with Crippen molar-refractivity contribution in [1.82, 2.24) is 4.98 Å². The van der Waals surface area contributed by atoms with Gasteiger partial charge in [0.15, 0.2) is 0 Å². The summed E-state index contributed by atoms with van der Waals surface area (Å²) in [6.45, 7) is 0. The minimum absolute atomic E-state index is 1.21. The highest BCUT2D eigenvalue weighted by Gasteiger charge is 2.00. The van der Waals surface area contributed by atoms with Crippen LogP contribution in [0.4, 0.5) is 0 Å². The Morgan fingerprint density at radius 1 is 0.258 bits per heavy atom. The average Bonchev–Trinajstić information content (AvgIpc) is 3.27. The number of hydrogen-bond donors (Lipinski definition) is 1. The molecule has 152 valence electrons. The van der Waals surface area contributed by atoms with Crippen molar-refractivity contribution in [2.75, 3.05) is 0 Å². The number of fused-ring (bicyclic) bond motifs is 3. The van der Waals surface area contributed by atoms with Gasteiger partial charge >= 0.3 is 0 Å². The fraction of sp³-hybridized carbons (Fsp3) is 0. The molecule has 1 heterocycles. The molecule has 0 amide bonds. The monoisotopic (exact) mass is 401 g/mol. The Labute approximate surface area is 184 Å². The summed E-state index contributed by atoms with van der Waals surface area (Å²) >= 11 is 0. The molecule has 1 heteroatoms. The molecule has 1 aromatic heterocycles. The molecule has 0 bridgehead atoms. The number of aromatic amines is 1. The van der Waals surface area contributed by atoms with E-state index in [2.05, 4.69) is 53.5 Å². The Kier molecular flexibility index (Phi) is 9.19. The van der Waals surface area contributed by atoms with Crippen LogP contribution < -0.4 is 0 Å². The van der Waals surface area contributed by atoms with E-state index >= 15 is 0 Å². The summed E-state index contributed by atoms with van der Waals surface area (Å²) in [7, 11) is 0. The van der Waals surface area contributed by atoms with Gasteiger partial charge in [-0.2, -0.15) is 0 Å². The van der Waals surface area contributed by atoms with Gasteiger partial charge < -0.3 is 4.98 Å². The van der Waals surface area contributed by atoms with E-state index in [0.717, 1.165) is 0 Å². The zero-order valence-electron chi connectivity index (χ0n) is 17.5. The first-order valence-corrected chi connectivity index (χ1v) is 10.4. The maximum absolute atomic E-state index is 3.38. The summed E-state index contributed by atoms with van der Waals surface area (Å²) in [5, 5.41) is 2.61. The molecule has 0 atom stereocenters. The van der Waals surface area contributed by atoms with Crippen LogP contribution in [0.25, 0.3) is 21.8 Å². The van der Waals surface area contributed by atoms with Crippen molar-refractivity contribution in [3.05, 3.63) is 158 Å². The van der Waals surface area contributed by atoms with Crippen LogP contribution in [0.1, 0.15) is 0 Å². The van der Waals surface area contributed by atoms with Crippen LogP contribution >= 0.6 is 0 Å². The number of benzene rings is 5. The lowest BCUT2D eigenvalue weighted by Crippen LogP contribution is -1.62. The molecule has 1 N–H and O–H groups in total. The Morgan fingerprint density at radius 2 is 0.484 bits per heavy atom. The molecule has 6 rings (SSSR count). The van der Waals surface area contributed by atoms with Crippen LogP contribution in [0.5, 0.6) is 0 Å². The van der Waals surface area contributed by atoms with Crippen LogP contribution in [0.3, 0.4) is 0 Å². The molecule has 6 aromatic rings. The second-order valence-electron chi connectivity index (χ2n) is 6.68. The first kappa shape index (κ1) is 21.6. The molecule has 1 nitrogen and oxygen atoms in total. The van der Waals surface area contributed by atoms with E-state index in [9.17, 15) is 0 Å². The molecule has 0 aliphatic rings. The lowest BCUT2D eigenvalue weighted by atomic mass is 10.2. The Bertz CT molecular complexity index is 1000. The number of hydrogen-bond acceptors (Lipinski definition) is 0. The molecule has 0 aliphatic heterocycles. The number of rotatable bonds is 0. The summed E-state index contributed by atoms with van der Waals surface area (Å²) in [6.07, 6.45) is 0. The molecular weight excluding hydrogens is 374 g/mol. The molecule has 0 unspecified atom stereocenters. The van der Waals surface area contributed by atoms with Gasteiger partial charge in [0.2, 0.25) is 0 Å². The van der Waals surface area contributed by atoms with Gasteiger partial charge in [-0.25, -0.2) is 0 Å². The van der Waals surface area contributed by atoms with Crippen molar-refractivity contribution in [2.45, 2.75) is 0 Å². The minimum Gasteiger partial charge on any atom is -0.355 e. The molecule has 0 fully saturated rings. The van der Waals surface area contributed by atoms with Crippen molar-refractivity contribution in [2.24, 2.45) is 0 Å². The first-order valence-electron chi connectivity index (χ1n) is 10.4. The highest BCUT2D eigenvalue weighted by atomic mass is 14.7. The lowest BCUT2D eigenvalue weighted by Gasteiger charge is -1.87. The standard InChI is InChI=1S/C12H9N.3C6H6/c1-3-7-11-9(5-1)10-6-2-4-8-12(10)13-11;3*1-2-4-6-5-3-1/h1-8,13H;3*1-6H. The van der Waals surface area contributed by atoms with Crippen molar-refractivity contribution in [3.63, 3.8) is 0 Å². The lowest BCUT2D eigenvalue weighted by molar-refractivity contribution is 1.55. The maximum atomic E-state index is 3.38. The summed E-state index contributed by atoms with van der Waals surface area (Å²) in [5.74, 6) is 0. The van der Waals surface area contributed by atoms with E-state index in [0.29, 0.717) is 0 Å². The van der Waals surface area contributed by atoms with E-state index in [1.54, 1.807) is 0 Å². The van der Waals surface area contributed by atoms with E-state index < -0.39 is 0 Å². The fourth-order valence-electron chi connectivity index (χ4n) is 2.95. The van der Waals surface area contributed by atoms with E-state index in [4.69, 9.17) is 0 Å². The summed E-state index contributed by atoms with van der Waals surface area (Å²) in [4.78, 5) is 3.38. The summed E-state index contributed by atoms with van der Waals surface area (Å²) < 4.78 is 0. The second kappa shape index (κ2) is 13.2. The third kappa shape index (κ3) is 7.68. The van der Waals surface area contributed by atoms with Crippen LogP contribution in [-0.2, 0) is 0 Å². The number of aromatic nitrogens is 1. The SMILES string of the molecule is c1ccc2c(c1)[nH]c1ccccc12.c1ccccc1.c1ccccc1.c1ccccc1. The summed E-state index contributed by atoms with van der Waals surface area (Å²) in [6, 6.07) is 52.8. The summed E-state index contributed by atoms with van der Waals surface area (Å²) in [5.41, 5.74) is 2.42. The molecule has 0 saturated carbocycles. The van der Waals surface area contributed by atoms with Crippen molar-refractivity contribution < 1.29 is 0 Å². The van der Waals surface area contributed by atoms with Gasteiger partial charge in [0.25, 0.3) is 0 Å². The van der Waals surface area contributed by atoms with Gasteiger partial charge in [0, 0.05) is 21.8 Å². The van der Waals surface area contributed by atoms with Gasteiger partial charge in [-0.3, -0.25) is 0 Å². The zero-order chi connectivity index (χ0) is 21.4. The Hall–Kier alpha value is -4.10. The van der Waals surface area contributed by atoms with Crippen molar-refractivity contribution >= 4 is 21.8 Å². The predicted octanol–water partition coefficient (Wildman–Crippen LogP) is 8.38.